The minimum atomic E-state index is 0.969. The lowest BCUT2D eigenvalue weighted by Crippen LogP contribution is -2.23. The third-order valence-corrected chi connectivity index (χ3v) is 12.7. The molecule has 0 atom stereocenters. The van der Waals surface area contributed by atoms with E-state index in [2.05, 4.69) is 272 Å². The van der Waals surface area contributed by atoms with Crippen molar-refractivity contribution in [2.75, 3.05) is 4.90 Å². The van der Waals surface area contributed by atoms with Gasteiger partial charge < -0.3 is 9.47 Å². The summed E-state index contributed by atoms with van der Waals surface area (Å²) in [6.07, 6.45) is 4.32. The Hall–Kier alpha value is -8.46. The van der Waals surface area contributed by atoms with E-state index in [1.807, 2.05) is 0 Å². The van der Waals surface area contributed by atoms with Gasteiger partial charge >= 0.3 is 0 Å². The van der Waals surface area contributed by atoms with Crippen LogP contribution in [-0.2, 0) is 0 Å². The van der Waals surface area contributed by atoms with E-state index in [0.717, 1.165) is 44.7 Å². The zero-order valence-corrected chi connectivity index (χ0v) is 36.3. The molecule has 0 bridgehead atoms. The lowest BCUT2D eigenvalue weighted by molar-refractivity contribution is 1.18. The zero-order chi connectivity index (χ0) is 43.7. The van der Waals surface area contributed by atoms with Gasteiger partial charge in [0.1, 0.15) is 0 Å². The molecule has 10 aromatic carbocycles. The molecule has 308 valence electrons. The molecule has 0 aliphatic carbocycles. The largest absolute Gasteiger partial charge is 0.310 e. The van der Waals surface area contributed by atoms with Gasteiger partial charge in [0.05, 0.1) is 11.0 Å². The number of nitrogens with zero attached hydrogens (tertiary/aromatic N) is 2. The third kappa shape index (κ3) is 7.41. The van der Waals surface area contributed by atoms with Gasteiger partial charge in [0, 0.05) is 39.1 Å². The highest BCUT2D eigenvalue weighted by Crippen LogP contribution is 2.45. The maximum Gasteiger partial charge on any atom is 0.0625 e. The van der Waals surface area contributed by atoms with Crippen molar-refractivity contribution in [1.82, 2.24) is 4.57 Å². The van der Waals surface area contributed by atoms with Crippen molar-refractivity contribution in [3.05, 3.63) is 259 Å². The monoisotopic (exact) mass is 830 g/mol. The molecule has 11 aromatic rings. The Morgan fingerprint density at radius 1 is 0.446 bits per heavy atom. The van der Waals surface area contributed by atoms with Crippen molar-refractivity contribution < 1.29 is 0 Å². The number of allylic oxidation sites excluding steroid dienone is 1. The summed E-state index contributed by atoms with van der Waals surface area (Å²) in [4.78, 5) is 2.37. The Morgan fingerprint density at radius 2 is 1.06 bits per heavy atom. The minimum absolute atomic E-state index is 0.969. The summed E-state index contributed by atoms with van der Waals surface area (Å²) in [5, 5.41) is 7.29. The van der Waals surface area contributed by atoms with E-state index in [-0.39, 0.29) is 0 Å². The lowest BCUT2D eigenvalue weighted by atomic mass is 9.94. The van der Waals surface area contributed by atoms with Crippen LogP contribution in [0.3, 0.4) is 0 Å². The Morgan fingerprint density at radius 3 is 1.83 bits per heavy atom. The average molecular weight is 831 g/mol. The topological polar surface area (TPSA) is 8.17 Å². The van der Waals surface area contributed by atoms with Gasteiger partial charge in [-0.3, -0.25) is 0 Å². The first-order valence-corrected chi connectivity index (χ1v) is 22.3. The van der Waals surface area contributed by atoms with Crippen molar-refractivity contribution in [2.24, 2.45) is 0 Å². The van der Waals surface area contributed by atoms with Crippen LogP contribution in [0.25, 0.3) is 89.4 Å². The van der Waals surface area contributed by atoms with E-state index in [9.17, 15) is 0 Å². The Bertz CT molecular complexity index is 3660. The highest BCUT2D eigenvalue weighted by molar-refractivity contribution is 6.19. The van der Waals surface area contributed by atoms with E-state index in [4.69, 9.17) is 0 Å². The van der Waals surface area contributed by atoms with Gasteiger partial charge in [0.25, 0.3) is 0 Å². The quantitative estimate of drug-likeness (QED) is 0.141. The summed E-state index contributed by atoms with van der Waals surface area (Å²) in [6, 6.07) is 85.5. The fourth-order valence-corrected chi connectivity index (χ4v) is 9.47. The van der Waals surface area contributed by atoms with Crippen LogP contribution in [0.4, 0.5) is 17.1 Å². The molecule has 0 aliphatic rings. The molecule has 0 aliphatic heterocycles. The molecule has 2 heteroatoms. The van der Waals surface area contributed by atoms with Crippen LogP contribution in [0.1, 0.15) is 12.5 Å². The zero-order valence-electron chi connectivity index (χ0n) is 36.3. The van der Waals surface area contributed by atoms with Gasteiger partial charge in [0.2, 0.25) is 0 Å². The highest BCUT2D eigenvalue weighted by Gasteiger charge is 2.21. The molecule has 11 rings (SSSR count). The van der Waals surface area contributed by atoms with E-state index in [1.165, 1.54) is 65.6 Å². The second-order valence-electron chi connectivity index (χ2n) is 16.6. The molecule has 1 heterocycles. The van der Waals surface area contributed by atoms with Crippen LogP contribution in [0.2, 0.25) is 0 Å². The van der Waals surface area contributed by atoms with E-state index in [1.54, 1.807) is 0 Å². The number of fused-ring (bicyclic) bond motifs is 4. The number of rotatable bonds is 9. The van der Waals surface area contributed by atoms with E-state index in [0.29, 0.717) is 0 Å². The smallest absolute Gasteiger partial charge is 0.0625 e. The molecular weight excluding hydrogens is 785 g/mol. The second kappa shape index (κ2) is 17.0. The number of hydrogen-bond acceptors (Lipinski definition) is 1. The summed E-state index contributed by atoms with van der Waals surface area (Å²) >= 11 is 0. The van der Waals surface area contributed by atoms with Crippen LogP contribution in [0.15, 0.2) is 243 Å². The number of aromatic nitrogens is 1. The maximum atomic E-state index is 4.50. The normalized spacial score (nSPS) is 12.0. The Kier molecular flexibility index (Phi) is 10.3. The van der Waals surface area contributed by atoms with Gasteiger partial charge in [-0.25, -0.2) is 0 Å². The number of hydrogen-bond donors (Lipinski definition) is 0. The third-order valence-electron chi connectivity index (χ3n) is 12.7. The van der Waals surface area contributed by atoms with E-state index >= 15 is 0 Å². The Balaban J connectivity index is 1.07. The van der Waals surface area contributed by atoms with Gasteiger partial charge in [-0.1, -0.05) is 189 Å². The molecule has 2 nitrogen and oxygen atoms in total. The molecule has 0 amide bonds. The van der Waals surface area contributed by atoms with Crippen molar-refractivity contribution in [2.45, 2.75) is 6.92 Å². The molecule has 0 saturated heterocycles. The molecule has 0 radical (unpaired) electrons. The fourth-order valence-electron chi connectivity index (χ4n) is 9.47. The number of benzene rings is 10. The summed E-state index contributed by atoms with van der Waals surface area (Å²) < 4.78 is 2.44. The molecule has 0 spiro atoms. The lowest BCUT2D eigenvalue weighted by Gasteiger charge is -2.26. The summed E-state index contributed by atoms with van der Waals surface area (Å²) in [5.74, 6) is 0. The predicted octanol–water partition coefficient (Wildman–Crippen LogP) is 15.7. The van der Waals surface area contributed by atoms with Crippen molar-refractivity contribution in [3.8, 4) is 39.1 Å². The molecule has 0 N–H and O–H groups in total. The van der Waals surface area contributed by atoms with Crippen LogP contribution in [0, 0.1) is 0 Å². The Labute approximate surface area is 380 Å². The van der Waals surface area contributed by atoms with Crippen molar-refractivity contribution in [1.29, 1.82) is 0 Å². The SMILES string of the molecule is C=C(/C=c1/cccc/c1=C/C)c1ccc(N(c2ccc(-c3ccc4ccccc4c3)cc2)c2cccc(-c3ccc(-c4ccccc4)c4c3c3ccccc3n4-c3ccccc3)c2)cc1. The van der Waals surface area contributed by atoms with Gasteiger partial charge in [-0.15, -0.1) is 0 Å². The average Bonchev–Trinajstić information content (AvgIpc) is 3.72. The van der Waals surface area contributed by atoms with Crippen LogP contribution in [0.5, 0.6) is 0 Å². The van der Waals surface area contributed by atoms with Crippen molar-refractivity contribution in [3.63, 3.8) is 0 Å². The molecule has 0 unspecified atom stereocenters. The first-order chi connectivity index (χ1) is 32.1. The molecule has 0 fully saturated rings. The second-order valence-corrected chi connectivity index (χ2v) is 16.6. The fraction of sp³-hybridized carbons (Fsp3) is 0.0159. The van der Waals surface area contributed by atoms with Crippen LogP contribution >= 0.6 is 0 Å². The summed E-state index contributed by atoms with van der Waals surface area (Å²) in [5.41, 5.74) is 15.8. The molecule has 65 heavy (non-hydrogen) atoms. The first kappa shape index (κ1) is 39.4. The maximum absolute atomic E-state index is 4.50. The highest BCUT2D eigenvalue weighted by atomic mass is 15.1. The van der Waals surface area contributed by atoms with Crippen LogP contribution in [-0.4, -0.2) is 4.57 Å². The van der Waals surface area contributed by atoms with E-state index < -0.39 is 0 Å². The summed E-state index contributed by atoms with van der Waals surface area (Å²) in [6.45, 7) is 6.57. The molecular formula is C63H46N2. The first-order valence-electron chi connectivity index (χ1n) is 22.3. The molecule has 1 aromatic heterocycles. The predicted molar refractivity (Wildman–Crippen MR) is 279 cm³/mol. The molecule has 0 saturated carbocycles. The summed E-state index contributed by atoms with van der Waals surface area (Å²) in [7, 11) is 0. The standard InChI is InChI=1S/C63H46N2/c1-3-45-17-10-12-21-50(45)41-44(2)46-31-35-55(36-32-46)64(56-37-33-48(34-38-56)52-30-29-47-18-11-13-22-51(47)42-52)57-26-16-23-53(43-57)58-39-40-59(49-19-6-4-7-20-49)63-62(58)60-27-14-15-28-61(60)65(63)54-24-8-5-9-25-54/h3-43H,2H2,1H3/b45-3-,50-41-. The van der Waals surface area contributed by atoms with Gasteiger partial charge in [-0.05, 0) is 134 Å². The van der Waals surface area contributed by atoms with Gasteiger partial charge in [0.15, 0.2) is 0 Å². The van der Waals surface area contributed by atoms with Crippen molar-refractivity contribution >= 4 is 67.4 Å². The number of anilines is 3. The number of para-hydroxylation sites is 2. The minimum Gasteiger partial charge on any atom is -0.310 e. The van der Waals surface area contributed by atoms with Gasteiger partial charge in [-0.2, -0.15) is 0 Å². The van der Waals surface area contributed by atoms with Crippen LogP contribution < -0.4 is 15.3 Å².